The highest BCUT2D eigenvalue weighted by atomic mass is 35.5. The van der Waals surface area contributed by atoms with E-state index in [1.165, 1.54) is 6.07 Å². The van der Waals surface area contributed by atoms with Crippen molar-refractivity contribution in [3.05, 3.63) is 57.1 Å². The number of halogens is 1. The maximum Gasteiger partial charge on any atom is 0.293 e. The number of piperazine rings is 1. The van der Waals surface area contributed by atoms with Crippen molar-refractivity contribution in [3.63, 3.8) is 0 Å². The van der Waals surface area contributed by atoms with E-state index in [2.05, 4.69) is 10.2 Å². The van der Waals surface area contributed by atoms with Gasteiger partial charge in [0.2, 0.25) is 5.91 Å². The van der Waals surface area contributed by atoms with Crippen LogP contribution in [0, 0.1) is 16.0 Å². The Hall–Kier alpha value is -3.33. The third kappa shape index (κ3) is 5.56. The van der Waals surface area contributed by atoms with Gasteiger partial charge in [0.1, 0.15) is 5.69 Å². The molecular formula is C26H32ClN5O4. The van der Waals surface area contributed by atoms with Crippen LogP contribution in [0.1, 0.15) is 43.5 Å². The van der Waals surface area contributed by atoms with E-state index in [0.717, 1.165) is 32.4 Å². The van der Waals surface area contributed by atoms with Crippen LogP contribution >= 0.6 is 11.6 Å². The van der Waals surface area contributed by atoms with E-state index in [1.807, 2.05) is 23.6 Å². The first-order valence-corrected chi connectivity index (χ1v) is 12.8. The molecule has 2 aliphatic rings. The van der Waals surface area contributed by atoms with Gasteiger partial charge in [0.25, 0.3) is 11.6 Å². The van der Waals surface area contributed by atoms with Crippen LogP contribution in [-0.4, -0.2) is 60.9 Å². The molecule has 36 heavy (non-hydrogen) atoms. The van der Waals surface area contributed by atoms with Crippen molar-refractivity contribution in [3.8, 4) is 0 Å². The summed E-state index contributed by atoms with van der Waals surface area (Å²) in [6.07, 6.45) is 3.11. The van der Waals surface area contributed by atoms with Gasteiger partial charge in [-0.1, -0.05) is 31.5 Å². The SMILES string of the molecule is CC(C)C(=O)N1CCN(c2c(Cl)cccc2NC(=O)c2ccc(N3CCCCC3)c([N+](=O)[O-])c2)CC1. The quantitative estimate of drug-likeness (QED) is 0.440. The number of para-hydroxylation sites is 1. The first-order chi connectivity index (χ1) is 17.3. The molecule has 2 aliphatic heterocycles. The highest BCUT2D eigenvalue weighted by Crippen LogP contribution is 2.36. The monoisotopic (exact) mass is 513 g/mol. The Bertz CT molecular complexity index is 1140. The third-order valence-corrected chi connectivity index (χ3v) is 7.07. The molecule has 10 heteroatoms. The number of amides is 2. The zero-order valence-electron chi connectivity index (χ0n) is 20.7. The molecular weight excluding hydrogens is 482 g/mol. The second kappa shape index (κ2) is 11.2. The Labute approximate surface area is 216 Å². The second-order valence-electron chi connectivity index (χ2n) is 9.57. The molecule has 2 aromatic carbocycles. The number of nitro benzene ring substituents is 1. The lowest BCUT2D eigenvalue weighted by atomic mass is 10.1. The zero-order chi connectivity index (χ0) is 25.8. The van der Waals surface area contributed by atoms with Gasteiger partial charge < -0.3 is 20.0 Å². The molecule has 2 saturated heterocycles. The molecule has 2 heterocycles. The standard InChI is InChI=1S/C26H32ClN5O4/c1-18(2)26(34)31-15-13-30(14-16-31)24-20(27)7-6-8-21(24)28-25(33)19-9-10-22(23(17-19)32(35)36)29-11-4-3-5-12-29/h6-10,17-18H,3-5,11-16H2,1-2H3,(H,28,33). The van der Waals surface area contributed by atoms with Crippen molar-refractivity contribution < 1.29 is 14.5 Å². The van der Waals surface area contributed by atoms with E-state index in [1.54, 1.807) is 30.3 Å². The summed E-state index contributed by atoms with van der Waals surface area (Å²) in [5.74, 6) is -0.380. The van der Waals surface area contributed by atoms with Gasteiger partial charge in [-0.2, -0.15) is 0 Å². The van der Waals surface area contributed by atoms with Crippen LogP contribution < -0.4 is 15.1 Å². The number of piperidine rings is 1. The second-order valence-corrected chi connectivity index (χ2v) is 9.97. The Morgan fingerprint density at radius 3 is 2.31 bits per heavy atom. The normalized spacial score (nSPS) is 16.3. The number of carbonyl (C=O) groups excluding carboxylic acids is 2. The molecule has 0 atom stereocenters. The molecule has 0 radical (unpaired) electrons. The lowest BCUT2D eigenvalue weighted by Gasteiger charge is -2.38. The van der Waals surface area contributed by atoms with E-state index >= 15 is 0 Å². The molecule has 0 spiro atoms. The molecule has 0 bridgehead atoms. The van der Waals surface area contributed by atoms with Crippen LogP contribution in [0.3, 0.4) is 0 Å². The Morgan fingerprint density at radius 2 is 1.67 bits per heavy atom. The van der Waals surface area contributed by atoms with Gasteiger partial charge in [-0.15, -0.1) is 0 Å². The van der Waals surface area contributed by atoms with Gasteiger partial charge >= 0.3 is 0 Å². The van der Waals surface area contributed by atoms with Gasteiger partial charge in [0, 0.05) is 56.8 Å². The van der Waals surface area contributed by atoms with Gasteiger partial charge in [0.05, 0.1) is 21.3 Å². The lowest BCUT2D eigenvalue weighted by molar-refractivity contribution is -0.384. The smallest absolute Gasteiger partial charge is 0.293 e. The minimum Gasteiger partial charge on any atom is -0.366 e. The van der Waals surface area contributed by atoms with Crippen LogP contribution in [0.25, 0.3) is 0 Å². The number of nitro groups is 1. The van der Waals surface area contributed by atoms with Crippen LogP contribution in [-0.2, 0) is 4.79 Å². The molecule has 2 aromatic rings. The van der Waals surface area contributed by atoms with E-state index in [0.29, 0.717) is 48.3 Å². The molecule has 1 N–H and O–H groups in total. The summed E-state index contributed by atoms with van der Waals surface area (Å²) in [5.41, 5.74) is 1.90. The van der Waals surface area contributed by atoms with E-state index in [-0.39, 0.29) is 23.1 Å². The average Bonchev–Trinajstić information content (AvgIpc) is 2.88. The highest BCUT2D eigenvalue weighted by Gasteiger charge is 2.27. The summed E-state index contributed by atoms with van der Waals surface area (Å²) in [5, 5.41) is 15.2. The summed E-state index contributed by atoms with van der Waals surface area (Å²) in [6.45, 7) is 7.63. The number of hydrogen-bond acceptors (Lipinski definition) is 6. The van der Waals surface area contributed by atoms with Crippen molar-refractivity contribution in [1.82, 2.24) is 4.90 Å². The number of hydrogen-bond donors (Lipinski definition) is 1. The Morgan fingerprint density at radius 1 is 0.972 bits per heavy atom. The van der Waals surface area contributed by atoms with Crippen LogP contribution in [0.5, 0.6) is 0 Å². The fourth-order valence-corrected chi connectivity index (χ4v) is 5.15. The first kappa shape index (κ1) is 25.8. The minimum absolute atomic E-state index is 0.0583. The van der Waals surface area contributed by atoms with E-state index in [4.69, 9.17) is 11.6 Å². The van der Waals surface area contributed by atoms with E-state index < -0.39 is 10.8 Å². The van der Waals surface area contributed by atoms with E-state index in [9.17, 15) is 19.7 Å². The van der Waals surface area contributed by atoms with Crippen LogP contribution in [0.15, 0.2) is 36.4 Å². The summed E-state index contributed by atoms with van der Waals surface area (Å²) in [4.78, 5) is 42.8. The maximum absolute atomic E-state index is 13.2. The minimum atomic E-state index is -0.444. The molecule has 2 fully saturated rings. The average molecular weight is 514 g/mol. The number of nitrogens with one attached hydrogen (secondary N) is 1. The van der Waals surface area contributed by atoms with Gasteiger partial charge in [-0.05, 0) is 43.5 Å². The fraction of sp³-hybridized carbons (Fsp3) is 0.462. The van der Waals surface area contributed by atoms with Crippen molar-refractivity contribution in [2.45, 2.75) is 33.1 Å². The lowest BCUT2D eigenvalue weighted by Crippen LogP contribution is -2.50. The predicted molar refractivity (Wildman–Crippen MR) is 142 cm³/mol. The van der Waals surface area contributed by atoms with Crippen molar-refractivity contribution in [2.75, 3.05) is 54.4 Å². The van der Waals surface area contributed by atoms with Gasteiger partial charge in [0.15, 0.2) is 0 Å². The molecule has 0 unspecified atom stereocenters. The Kier molecular flexibility index (Phi) is 7.98. The maximum atomic E-state index is 13.2. The van der Waals surface area contributed by atoms with Crippen molar-refractivity contribution in [1.29, 1.82) is 0 Å². The number of benzene rings is 2. The van der Waals surface area contributed by atoms with Gasteiger partial charge in [-0.3, -0.25) is 19.7 Å². The number of rotatable bonds is 6. The molecule has 2 amide bonds. The Balaban J connectivity index is 1.53. The summed E-state index contributed by atoms with van der Waals surface area (Å²) in [7, 11) is 0. The summed E-state index contributed by atoms with van der Waals surface area (Å²) < 4.78 is 0. The highest BCUT2D eigenvalue weighted by molar-refractivity contribution is 6.34. The topological polar surface area (TPSA) is 99.0 Å². The largest absolute Gasteiger partial charge is 0.366 e. The summed E-state index contributed by atoms with van der Waals surface area (Å²) in [6, 6.07) is 9.92. The van der Waals surface area contributed by atoms with Crippen LogP contribution in [0.2, 0.25) is 5.02 Å². The van der Waals surface area contributed by atoms with Crippen molar-refractivity contribution in [2.24, 2.45) is 5.92 Å². The van der Waals surface area contributed by atoms with Crippen molar-refractivity contribution >= 4 is 46.2 Å². The summed E-state index contributed by atoms with van der Waals surface area (Å²) >= 11 is 6.55. The fourth-order valence-electron chi connectivity index (χ4n) is 4.86. The number of anilines is 3. The molecule has 0 aliphatic carbocycles. The van der Waals surface area contributed by atoms with Gasteiger partial charge in [-0.25, -0.2) is 0 Å². The zero-order valence-corrected chi connectivity index (χ0v) is 21.5. The molecule has 0 aromatic heterocycles. The predicted octanol–water partition coefficient (Wildman–Crippen LogP) is 4.80. The first-order valence-electron chi connectivity index (χ1n) is 12.4. The number of carbonyl (C=O) groups is 2. The molecule has 4 rings (SSSR count). The number of nitrogens with zero attached hydrogens (tertiary/aromatic N) is 4. The molecule has 9 nitrogen and oxygen atoms in total. The molecule has 0 saturated carbocycles. The van der Waals surface area contributed by atoms with Crippen LogP contribution in [0.4, 0.5) is 22.7 Å². The molecule has 192 valence electrons. The third-order valence-electron chi connectivity index (χ3n) is 6.77.